The van der Waals surface area contributed by atoms with Gasteiger partial charge in [0.1, 0.15) is 11.2 Å². The molecule has 0 aliphatic carbocycles. The quantitative estimate of drug-likeness (QED) is 0.761. The van der Waals surface area contributed by atoms with Crippen LogP contribution in [0.2, 0.25) is 0 Å². The molecule has 0 saturated carbocycles. The van der Waals surface area contributed by atoms with Crippen molar-refractivity contribution in [1.29, 1.82) is 0 Å². The maximum Gasteiger partial charge on any atom is 0.239 e. The van der Waals surface area contributed by atoms with Gasteiger partial charge in [-0.25, -0.2) is 0 Å². The molecule has 2 amide bonds. The zero-order valence-corrected chi connectivity index (χ0v) is 14.0. The summed E-state index contributed by atoms with van der Waals surface area (Å²) in [5.74, 6) is 0.137. The van der Waals surface area contributed by atoms with Crippen LogP contribution < -0.4 is 15.4 Å². The van der Waals surface area contributed by atoms with Gasteiger partial charge in [0.2, 0.25) is 11.8 Å². The van der Waals surface area contributed by atoms with Crippen LogP contribution in [-0.4, -0.2) is 24.5 Å². The predicted octanol–water partition coefficient (Wildman–Crippen LogP) is 2.96. The van der Waals surface area contributed by atoms with E-state index >= 15 is 0 Å². The van der Waals surface area contributed by atoms with Crippen LogP contribution in [0.4, 0.5) is 5.69 Å². The second-order valence-corrected chi connectivity index (χ2v) is 6.03. The Morgan fingerprint density at radius 2 is 1.73 bits per heavy atom. The third kappa shape index (κ3) is 5.06. The summed E-state index contributed by atoms with van der Waals surface area (Å²) >= 11 is 0. The monoisotopic (exact) mass is 306 g/mol. The van der Waals surface area contributed by atoms with Gasteiger partial charge in [-0.3, -0.25) is 9.59 Å². The van der Waals surface area contributed by atoms with Crippen LogP contribution in [-0.2, 0) is 9.59 Å². The first kappa shape index (κ1) is 18.0. The minimum Gasteiger partial charge on any atom is -0.491 e. The molecule has 0 aliphatic heterocycles. The third-order valence-corrected chi connectivity index (χ3v) is 3.15. The van der Waals surface area contributed by atoms with Crippen LogP contribution in [0.5, 0.6) is 5.75 Å². The van der Waals surface area contributed by atoms with Crippen molar-refractivity contribution in [2.24, 2.45) is 5.41 Å². The van der Waals surface area contributed by atoms with Crippen molar-refractivity contribution in [3.8, 4) is 5.75 Å². The Labute approximate surface area is 132 Å². The molecule has 0 fully saturated rings. The summed E-state index contributed by atoms with van der Waals surface area (Å²) in [6, 6.07) is 7.10. The standard InChI is InChI=1S/C17H26N2O3/c1-6-11-18-15(20)17(4,5)16(21)19-13-7-9-14(10-8-13)22-12(2)3/h7-10,12H,6,11H2,1-5H3,(H,18,20)(H,19,21). The average Bonchev–Trinajstić information content (AvgIpc) is 2.46. The lowest BCUT2D eigenvalue weighted by Gasteiger charge is -2.22. The molecule has 1 aromatic rings. The molecule has 1 rings (SSSR count). The van der Waals surface area contributed by atoms with Gasteiger partial charge in [0.15, 0.2) is 0 Å². The number of benzene rings is 1. The smallest absolute Gasteiger partial charge is 0.239 e. The molecular formula is C17H26N2O3. The van der Waals surface area contributed by atoms with Gasteiger partial charge in [-0.05, 0) is 58.4 Å². The highest BCUT2D eigenvalue weighted by Gasteiger charge is 2.35. The van der Waals surface area contributed by atoms with Crippen LogP contribution in [0.1, 0.15) is 41.0 Å². The van der Waals surface area contributed by atoms with E-state index in [-0.39, 0.29) is 17.9 Å². The molecule has 0 radical (unpaired) electrons. The Morgan fingerprint density at radius 3 is 2.23 bits per heavy atom. The molecule has 122 valence electrons. The minimum absolute atomic E-state index is 0.0987. The van der Waals surface area contributed by atoms with Crippen LogP contribution in [0.3, 0.4) is 0 Å². The number of ether oxygens (including phenoxy) is 1. The maximum absolute atomic E-state index is 12.3. The molecule has 5 nitrogen and oxygen atoms in total. The number of rotatable bonds is 7. The second kappa shape index (κ2) is 7.82. The molecule has 0 atom stereocenters. The van der Waals surface area contributed by atoms with Crippen LogP contribution in [0, 0.1) is 5.41 Å². The van der Waals surface area contributed by atoms with E-state index < -0.39 is 5.41 Å². The molecule has 2 N–H and O–H groups in total. The van der Waals surface area contributed by atoms with Gasteiger partial charge in [-0.15, -0.1) is 0 Å². The summed E-state index contributed by atoms with van der Waals surface area (Å²) in [5, 5.41) is 5.51. The topological polar surface area (TPSA) is 67.4 Å². The molecule has 0 spiro atoms. The first-order valence-corrected chi connectivity index (χ1v) is 7.63. The lowest BCUT2D eigenvalue weighted by atomic mass is 9.91. The first-order chi connectivity index (χ1) is 10.3. The number of anilines is 1. The molecule has 0 unspecified atom stereocenters. The van der Waals surface area contributed by atoms with Crippen molar-refractivity contribution in [3.05, 3.63) is 24.3 Å². The van der Waals surface area contributed by atoms with E-state index in [4.69, 9.17) is 4.74 Å². The Morgan fingerprint density at radius 1 is 1.14 bits per heavy atom. The van der Waals surface area contributed by atoms with Gasteiger partial charge in [-0.2, -0.15) is 0 Å². The van der Waals surface area contributed by atoms with Gasteiger partial charge in [0.05, 0.1) is 6.10 Å². The van der Waals surface area contributed by atoms with Gasteiger partial charge in [-0.1, -0.05) is 6.92 Å². The number of amides is 2. The second-order valence-electron chi connectivity index (χ2n) is 6.03. The molecule has 22 heavy (non-hydrogen) atoms. The van der Waals surface area contributed by atoms with Crippen molar-refractivity contribution in [2.45, 2.75) is 47.1 Å². The Hall–Kier alpha value is -2.04. The van der Waals surface area contributed by atoms with E-state index in [2.05, 4.69) is 10.6 Å². The number of nitrogens with one attached hydrogen (secondary N) is 2. The van der Waals surface area contributed by atoms with E-state index in [1.54, 1.807) is 38.1 Å². The van der Waals surface area contributed by atoms with Crippen LogP contribution in [0.25, 0.3) is 0 Å². The molecule has 0 aromatic heterocycles. The number of carbonyl (C=O) groups excluding carboxylic acids is 2. The van der Waals surface area contributed by atoms with Gasteiger partial charge < -0.3 is 15.4 Å². The fraction of sp³-hybridized carbons (Fsp3) is 0.529. The van der Waals surface area contributed by atoms with E-state index in [0.717, 1.165) is 12.2 Å². The fourth-order valence-corrected chi connectivity index (χ4v) is 1.74. The van der Waals surface area contributed by atoms with Gasteiger partial charge in [0, 0.05) is 12.2 Å². The molecular weight excluding hydrogens is 280 g/mol. The zero-order chi connectivity index (χ0) is 16.8. The zero-order valence-electron chi connectivity index (χ0n) is 14.0. The number of carbonyl (C=O) groups is 2. The largest absolute Gasteiger partial charge is 0.491 e. The lowest BCUT2D eigenvalue weighted by Crippen LogP contribution is -2.45. The van der Waals surface area contributed by atoms with E-state index in [1.807, 2.05) is 20.8 Å². The molecule has 0 heterocycles. The van der Waals surface area contributed by atoms with Gasteiger partial charge in [0.25, 0.3) is 0 Å². The van der Waals surface area contributed by atoms with E-state index in [0.29, 0.717) is 12.2 Å². The fourth-order valence-electron chi connectivity index (χ4n) is 1.74. The average molecular weight is 306 g/mol. The minimum atomic E-state index is -1.12. The molecule has 0 aliphatic rings. The molecule has 0 bridgehead atoms. The summed E-state index contributed by atoms with van der Waals surface area (Å²) in [7, 11) is 0. The Bertz CT molecular complexity index is 507. The molecule has 5 heteroatoms. The first-order valence-electron chi connectivity index (χ1n) is 7.63. The highest BCUT2D eigenvalue weighted by atomic mass is 16.5. The summed E-state index contributed by atoms with van der Waals surface area (Å²) < 4.78 is 5.55. The summed E-state index contributed by atoms with van der Waals surface area (Å²) in [4.78, 5) is 24.3. The predicted molar refractivity (Wildman–Crippen MR) is 87.9 cm³/mol. The van der Waals surface area contributed by atoms with Crippen molar-refractivity contribution in [2.75, 3.05) is 11.9 Å². The highest BCUT2D eigenvalue weighted by Crippen LogP contribution is 2.21. The summed E-state index contributed by atoms with van der Waals surface area (Å²) in [6.45, 7) is 9.66. The van der Waals surface area contributed by atoms with Crippen molar-refractivity contribution < 1.29 is 14.3 Å². The normalized spacial score (nSPS) is 11.2. The van der Waals surface area contributed by atoms with Crippen molar-refractivity contribution >= 4 is 17.5 Å². The maximum atomic E-state index is 12.3. The number of hydrogen-bond acceptors (Lipinski definition) is 3. The SMILES string of the molecule is CCCNC(=O)C(C)(C)C(=O)Nc1ccc(OC(C)C)cc1. The van der Waals surface area contributed by atoms with Crippen LogP contribution >= 0.6 is 0 Å². The van der Waals surface area contributed by atoms with Gasteiger partial charge >= 0.3 is 0 Å². The van der Waals surface area contributed by atoms with E-state index in [9.17, 15) is 9.59 Å². The summed E-state index contributed by atoms with van der Waals surface area (Å²) in [6.07, 6.45) is 0.933. The van der Waals surface area contributed by atoms with Crippen molar-refractivity contribution in [1.82, 2.24) is 5.32 Å². The molecule has 0 saturated heterocycles. The summed E-state index contributed by atoms with van der Waals surface area (Å²) in [5.41, 5.74) is -0.486. The Balaban J connectivity index is 2.69. The number of hydrogen-bond donors (Lipinski definition) is 2. The van der Waals surface area contributed by atoms with Crippen LogP contribution in [0.15, 0.2) is 24.3 Å². The van der Waals surface area contributed by atoms with E-state index in [1.165, 1.54) is 0 Å². The highest BCUT2D eigenvalue weighted by molar-refractivity contribution is 6.09. The Kier molecular flexibility index (Phi) is 6.40. The third-order valence-electron chi connectivity index (χ3n) is 3.15. The molecule has 1 aromatic carbocycles. The lowest BCUT2D eigenvalue weighted by molar-refractivity contribution is -0.138. The van der Waals surface area contributed by atoms with Crippen molar-refractivity contribution in [3.63, 3.8) is 0 Å².